The second-order valence-corrected chi connectivity index (χ2v) is 10.1. The number of thiazole rings is 1. The Labute approximate surface area is 228 Å². The van der Waals surface area contributed by atoms with E-state index in [4.69, 9.17) is 30.1 Å². The highest BCUT2D eigenvalue weighted by Crippen LogP contribution is 2.27. The van der Waals surface area contributed by atoms with E-state index in [1.165, 1.54) is 0 Å². The molecule has 9 nitrogen and oxygen atoms in total. The molecule has 1 atom stereocenters. The van der Waals surface area contributed by atoms with Crippen LogP contribution < -0.4 is 20.5 Å². The van der Waals surface area contributed by atoms with Gasteiger partial charge in [-0.2, -0.15) is 0 Å². The van der Waals surface area contributed by atoms with Crippen LogP contribution in [-0.4, -0.2) is 73.0 Å². The lowest BCUT2D eigenvalue weighted by atomic mass is 10.2. The van der Waals surface area contributed by atoms with Gasteiger partial charge in [-0.05, 0) is 74.7 Å². The van der Waals surface area contributed by atoms with Crippen LogP contribution in [0.4, 0.5) is 5.13 Å². The first-order valence-electron chi connectivity index (χ1n) is 13.1. The van der Waals surface area contributed by atoms with Gasteiger partial charge in [0.1, 0.15) is 11.5 Å². The third-order valence-electron chi connectivity index (χ3n) is 6.46. The molecule has 0 radical (unpaired) electrons. The van der Waals surface area contributed by atoms with Crippen molar-refractivity contribution in [1.29, 1.82) is 0 Å². The topological polar surface area (TPSA) is 114 Å². The zero-order valence-electron chi connectivity index (χ0n) is 21.8. The zero-order valence-corrected chi connectivity index (χ0v) is 22.7. The number of morpholine rings is 1. The molecular formula is C28H37N5O4S. The largest absolute Gasteiger partial charge is 0.494 e. The maximum absolute atomic E-state index is 8.71. The molecule has 1 unspecified atom stereocenters. The van der Waals surface area contributed by atoms with Gasteiger partial charge in [0.05, 0.1) is 32.1 Å². The molecule has 2 heterocycles. The third-order valence-corrected chi connectivity index (χ3v) is 7.26. The number of unbranched alkanes of at least 4 members (excludes halogenated alkanes) is 2. The summed E-state index contributed by atoms with van der Waals surface area (Å²) in [5.74, 6) is 1.71. The lowest BCUT2D eigenvalue weighted by Crippen LogP contribution is -2.44. The van der Waals surface area contributed by atoms with E-state index in [9.17, 15) is 0 Å². The van der Waals surface area contributed by atoms with E-state index in [1.54, 1.807) is 23.5 Å². The lowest BCUT2D eigenvalue weighted by Gasteiger charge is -2.32. The van der Waals surface area contributed by atoms with Gasteiger partial charge >= 0.3 is 0 Å². The number of ether oxygens (including phenoxy) is 3. The van der Waals surface area contributed by atoms with Gasteiger partial charge in [0.2, 0.25) is 0 Å². The molecule has 0 spiro atoms. The number of nitrogens with two attached hydrogens (primary N) is 1. The molecule has 10 heteroatoms. The molecule has 0 saturated carbocycles. The number of benzene rings is 2. The van der Waals surface area contributed by atoms with Gasteiger partial charge in [0, 0.05) is 42.2 Å². The normalized spacial score (nSPS) is 15.2. The second-order valence-electron chi connectivity index (χ2n) is 9.21. The Bertz CT molecular complexity index is 1130. The summed E-state index contributed by atoms with van der Waals surface area (Å²) < 4.78 is 17.1. The molecule has 0 aliphatic carbocycles. The zero-order chi connectivity index (χ0) is 26.6. The van der Waals surface area contributed by atoms with Crippen LogP contribution in [-0.2, 0) is 4.74 Å². The Morgan fingerprint density at radius 1 is 1.05 bits per heavy atom. The number of hydrogen-bond donors (Lipinski definition) is 3. The van der Waals surface area contributed by atoms with Gasteiger partial charge in [0.25, 0.3) is 0 Å². The van der Waals surface area contributed by atoms with Gasteiger partial charge in [-0.3, -0.25) is 4.90 Å². The minimum atomic E-state index is 0.0844. The lowest BCUT2D eigenvalue weighted by molar-refractivity contribution is 0.0227. The predicted molar refractivity (Wildman–Crippen MR) is 152 cm³/mol. The van der Waals surface area contributed by atoms with E-state index in [0.717, 1.165) is 80.0 Å². The number of amidine groups is 1. The predicted octanol–water partition coefficient (Wildman–Crippen LogP) is 4.67. The van der Waals surface area contributed by atoms with Crippen molar-refractivity contribution in [3.8, 4) is 22.8 Å². The summed E-state index contributed by atoms with van der Waals surface area (Å²) in [4.78, 5) is 7.21. The molecule has 0 bridgehead atoms. The molecule has 1 fully saturated rings. The van der Waals surface area contributed by atoms with Crippen LogP contribution in [0, 0.1) is 0 Å². The van der Waals surface area contributed by atoms with Crippen LogP contribution in [0.15, 0.2) is 59.1 Å². The van der Waals surface area contributed by atoms with E-state index >= 15 is 0 Å². The summed E-state index contributed by atoms with van der Waals surface area (Å²) in [6, 6.07) is 15.7. The average molecular weight is 540 g/mol. The van der Waals surface area contributed by atoms with Crippen molar-refractivity contribution in [3.05, 3.63) is 59.5 Å². The summed E-state index contributed by atoms with van der Waals surface area (Å²) in [5, 5.41) is 18.2. The molecule has 1 aliphatic rings. The number of rotatable bonds is 14. The first-order chi connectivity index (χ1) is 18.6. The molecule has 1 saturated heterocycles. The van der Waals surface area contributed by atoms with Gasteiger partial charge in [0.15, 0.2) is 11.0 Å². The van der Waals surface area contributed by atoms with Gasteiger partial charge in [-0.15, -0.1) is 11.3 Å². The Hall–Kier alpha value is -3.34. The van der Waals surface area contributed by atoms with Crippen molar-refractivity contribution in [2.24, 2.45) is 10.9 Å². The minimum absolute atomic E-state index is 0.0844. The van der Waals surface area contributed by atoms with E-state index in [-0.39, 0.29) is 5.84 Å². The Morgan fingerprint density at radius 2 is 1.68 bits per heavy atom. The highest BCUT2D eigenvalue weighted by atomic mass is 32.1. The van der Waals surface area contributed by atoms with Crippen molar-refractivity contribution in [2.75, 3.05) is 51.4 Å². The Kier molecular flexibility index (Phi) is 10.6. The Balaban J connectivity index is 1.10. The summed E-state index contributed by atoms with van der Waals surface area (Å²) in [6.07, 6.45) is 2.91. The van der Waals surface area contributed by atoms with Gasteiger partial charge in [-0.1, -0.05) is 5.16 Å². The smallest absolute Gasteiger partial charge is 0.183 e. The van der Waals surface area contributed by atoms with Crippen molar-refractivity contribution in [3.63, 3.8) is 0 Å². The molecule has 4 N–H and O–H groups in total. The number of nitrogens with zero attached hydrogens (tertiary/aromatic N) is 3. The maximum atomic E-state index is 8.71. The molecule has 4 rings (SSSR count). The highest BCUT2D eigenvalue weighted by molar-refractivity contribution is 7.14. The Morgan fingerprint density at radius 3 is 2.32 bits per heavy atom. The molecule has 38 heavy (non-hydrogen) atoms. The van der Waals surface area contributed by atoms with E-state index in [2.05, 4.69) is 39.8 Å². The molecule has 3 aromatic rings. The van der Waals surface area contributed by atoms with Crippen LogP contribution in [0.3, 0.4) is 0 Å². The number of anilines is 1. The highest BCUT2D eigenvalue weighted by Gasteiger charge is 2.17. The van der Waals surface area contributed by atoms with Gasteiger partial charge < -0.3 is 30.5 Å². The van der Waals surface area contributed by atoms with Crippen LogP contribution in [0.5, 0.6) is 11.5 Å². The molecule has 0 amide bonds. The molecule has 1 aliphatic heterocycles. The van der Waals surface area contributed by atoms with Crippen LogP contribution in [0.2, 0.25) is 0 Å². The van der Waals surface area contributed by atoms with Crippen molar-refractivity contribution < 1.29 is 19.4 Å². The fraction of sp³-hybridized carbons (Fsp3) is 0.429. The molecular weight excluding hydrogens is 502 g/mol. The standard InChI is InChI=1S/C28H37N5O4S/c1-21(33-13-17-35-18-14-33)19-30-28-31-26(20-38-28)22-5-9-24(10-6-22)36-15-3-2-4-16-37-25-11-7-23(8-12-25)27(29)32-34/h5-12,20-21,34H,2-4,13-19H2,1H3,(H2,29,32)(H,30,31). The number of nitrogens with one attached hydrogen (secondary N) is 1. The summed E-state index contributed by atoms with van der Waals surface area (Å²) in [7, 11) is 0. The number of oxime groups is 1. The van der Waals surface area contributed by atoms with Crippen molar-refractivity contribution in [1.82, 2.24) is 9.88 Å². The van der Waals surface area contributed by atoms with E-state index < -0.39 is 0 Å². The van der Waals surface area contributed by atoms with Gasteiger partial charge in [-0.25, -0.2) is 4.98 Å². The monoisotopic (exact) mass is 539 g/mol. The summed E-state index contributed by atoms with van der Waals surface area (Å²) >= 11 is 1.64. The summed E-state index contributed by atoms with van der Waals surface area (Å²) in [5.41, 5.74) is 8.28. The number of hydrogen-bond acceptors (Lipinski definition) is 9. The average Bonchev–Trinajstić information content (AvgIpc) is 3.45. The first-order valence-corrected chi connectivity index (χ1v) is 14.0. The SMILES string of the molecule is CC(CNc1nc(-c2ccc(OCCCCCOc3ccc(C(N)=NO)cc3)cc2)cs1)N1CCOCC1. The van der Waals surface area contributed by atoms with E-state index in [0.29, 0.717) is 24.8 Å². The molecule has 2 aromatic carbocycles. The maximum Gasteiger partial charge on any atom is 0.183 e. The van der Waals surface area contributed by atoms with E-state index in [1.807, 2.05) is 24.3 Å². The fourth-order valence-corrected chi connectivity index (χ4v) is 4.86. The summed E-state index contributed by atoms with van der Waals surface area (Å²) in [6.45, 7) is 8.03. The second kappa shape index (κ2) is 14.6. The number of aromatic nitrogens is 1. The van der Waals surface area contributed by atoms with Crippen LogP contribution >= 0.6 is 11.3 Å². The van der Waals surface area contributed by atoms with Crippen molar-refractivity contribution in [2.45, 2.75) is 32.2 Å². The van der Waals surface area contributed by atoms with Crippen LogP contribution in [0.1, 0.15) is 31.7 Å². The fourth-order valence-electron chi connectivity index (χ4n) is 4.13. The molecule has 1 aromatic heterocycles. The minimum Gasteiger partial charge on any atom is -0.494 e. The third kappa shape index (κ3) is 8.34. The van der Waals surface area contributed by atoms with Crippen LogP contribution in [0.25, 0.3) is 11.3 Å². The first kappa shape index (κ1) is 27.7. The quantitative estimate of drug-likeness (QED) is 0.0891. The molecule has 204 valence electrons. The van der Waals surface area contributed by atoms with Crippen molar-refractivity contribution >= 4 is 22.3 Å².